The van der Waals surface area contributed by atoms with Gasteiger partial charge in [-0.3, -0.25) is 42.6 Å². The van der Waals surface area contributed by atoms with Gasteiger partial charge in [0.2, 0.25) is 11.6 Å². The summed E-state index contributed by atoms with van der Waals surface area (Å²) in [7, 11) is -6.43. The summed E-state index contributed by atoms with van der Waals surface area (Å²) >= 11 is 11.1. The lowest BCUT2D eigenvalue weighted by Gasteiger charge is -2.25. The summed E-state index contributed by atoms with van der Waals surface area (Å²) < 4.78 is 120. The Morgan fingerprint density at radius 1 is 0.573 bits per heavy atom. The number of Topliss-reactive ketones (excluding diaryl/α,β-unsaturated/α-hetero) is 6. The molecule has 4 N–H and O–H groups in total. The number of carbonyl (C=O) groups is 9. The van der Waals surface area contributed by atoms with E-state index < -0.39 is 71.7 Å². The van der Waals surface area contributed by atoms with Crippen molar-refractivity contribution in [2.45, 2.75) is 163 Å². The first-order valence-electron chi connectivity index (χ1n) is 31.2. The van der Waals surface area contributed by atoms with Crippen LogP contribution in [0.15, 0.2) is 84.9 Å². The minimum atomic E-state index is -3.94. The maximum absolute atomic E-state index is 13.2. The van der Waals surface area contributed by atoms with Crippen LogP contribution < -0.4 is 15.8 Å². The second-order valence-electron chi connectivity index (χ2n) is 23.6. The van der Waals surface area contributed by atoms with E-state index >= 15 is 0 Å². The van der Waals surface area contributed by atoms with Crippen LogP contribution in [0.2, 0.25) is 10.0 Å². The zero-order chi connectivity index (χ0) is 71.8. The largest absolute Gasteiger partial charge is 0.463 e. The molecule has 32 heteroatoms. The topological polar surface area (TPSA) is 368 Å². The van der Waals surface area contributed by atoms with Crippen molar-refractivity contribution in [3.63, 3.8) is 0 Å². The van der Waals surface area contributed by atoms with Gasteiger partial charge in [0.1, 0.15) is 34.6 Å². The predicted molar refractivity (Wildman–Crippen MR) is 359 cm³/mol. The van der Waals surface area contributed by atoms with Crippen LogP contribution in [0.25, 0.3) is 0 Å². The molecule has 0 saturated heterocycles. The number of esters is 2. The number of nitrogen functional groups attached to an aromatic ring is 1. The summed E-state index contributed by atoms with van der Waals surface area (Å²) in [6.07, 6.45) is 25.1. The zero-order valence-corrected chi connectivity index (χ0v) is 58.9. The molecule has 0 aromatic heterocycles. The van der Waals surface area contributed by atoms with Crippen LogP contribution in [0.4, 0.5) is 20.2 Å². The number of halogens is 4. The molecule has 2 aromatic carbocycles. The Labute approximate surface area is 569 Å². The average Bonchev–Trinajstić information content (AvgIpc) is 0.865. The minimum Gasteiger partial charge on any atom is -0.463 e. The van der Waals surface area contributed by atoms with Crippen LogP contribution in [-0.2, 0) is 83.3 Å². The smallest absolute Gasteiger partial charge is 0.374 e. The van der Waals surface area contributed by atoms with E-state index in [1.54, 1.807) is 19.1 Å². The molecule has 96 heavy (non-hydrogen) atoms. The van der Waals surface area contributed by atoms with Gasteiger partial charge in [0.05, 0.1) is 47.8 Å². The average molecular weight is 1440 g/mol. The van der Waals surface area contributed by atoms with Crippen molar-refractivity contribution in [3.8, 4) is 0 Å². The third-order valence-electron chi connectivity index (χ3n) is 16.5. The van der Waals surface area contributed by atoms with Gasteiger partial charge < -0.3 is 20.5 Å². The molecule has 2 aromatic rings. The number of benzene rings is 2. The standard InChI is InChI=1S/C16H17ClFN3O3S.C11H16N2O3S.C10H14N2O3S.C10H14O4.C7H12O.C6H5ClFN.C4H6O3/c1-21-15(16(22)19-11-6-7-13(18)12(17)8-11)9-14(20-25(21,23)24)10-4-2-3-5-10;1-8(14)11-7-10(9-5-3-4-6-9)12-17(15,16)13(11)2;1-7(13)9-6-10(8-4-2-3-5-8)12-16(14,15)11-9;1-14-10(13)9(12)6-8(11)7-4-2-3-5-7;1-6(8)7-4-2-3-5-7;7-5-3-4(9)1-2-6(5)8;1-3(5)4(6)7-2/h6-10H,2-5H2,1H3,(H,19,22);7,9H,3-6H2,1-2H3;6,8,12H,2-5H2,1H3;7H,2-6H2,1H3;7H,2-5H2,1H3;1-3H,9H2;1-2H3. The van der Waals surface area contributed by atoms with Crippen molar-refractivity contribution in [1.29, 1.82) is 0 Å². The number of rotatable bonds is 13. The molecule has 25 nitrogen and oxygen atoms in total. The molecule has 1 amide bonds. The highest BCUT2D eigenvalue weighted by Crippen LogP contribution is 2.34. The quantitative estimate of drug-likeness (QED) is 0.0726. The van der Waals surface area contributed by atoms with E-state index in [1.165, 1.54) is 84.3 Å². The lowest BCUT2D eigenvalue weighted by atomic mass is 9.98. The van der Waals surface area contributed by atoms with Gasteiger partial charge in [0.25, 0.3) is 5.91 Å². The van der Waals surface area contributed by atoms with E-state index in [9.17, 15) is 77.2 Å². The first-order chi connectivity index (χ1) is 45.0. The summed E-state index contributed by atoms with van der Waals surface area (Å²) in [6, 6.07) is 7.80. The number of anilines is 2. The molecule has 3 heterocycles. The van der Waals surface area contributed by atoms with Gasteiger partial charge in [-0.15, -0.1) is 13.2 Å². The molecule has 0 spiro atoms. The summed E-state index contributed by atoms with van der Waals surface area (Å²) in [5, 5.41) is 2.47. The third kappa shape index (κ3) is 25.5. The molecule has 3 aliphatic heterocycles. The number of nitrogens with one attached hydrogen (secondary N) is 2. The number of carbonyl (C=O) groups excluding carboxylic acids is 9. The van der Waals surface area contributed by atoms with E-state index in [1.807, 2.05) is 0 Å². The van der Waals surface area contributed by atoms with Crippen molar-refractivity contribution in [3.05, 3.63) is 93.4 Å². The van der Waals surface area contributed by atoms with Crippen LogP contribution in [0.3, 0.4) is 0 Å². The fourth-order valence-corrected chi connectivity index (χ4v) is 14.5. The molecule has 0 atom stereocenters. The maximum atomic E-state index is 13.2. The maximum Gasteiger partial charge on any atom is 0.374 e. The predicted octanol–water partition coefficient (Wildman–Crippen LogP) is 9.80. The molecule has 528 valence electrons. The lowest BCUT2D eigenvalue weighted by molar-refractivity contribution is -0.152. The Hall–Kier alpha value is -7.41. The Morgan fingerprint density at radius 3 is 1.40 bits per heavy atom. The molecule has 8 aliphatic rings. The van der Waals surface area contributed by atoms with Crippen molar-refractivity contribution < 1.29 is 86.7 Å². The molecule has 5 aliphatic carbocycles. The highest BCUT2D eigenvalue weighted by atomic mass is 35.5. The van der Waals surface area contributed by atoms with Gasteiger partial charge in [-0.05, 0) is 132 Å². The van der Waals surface area contributed by atoms with Crippen LogP contribution in [0, 0.1) is 41.2 Å². The molecular formula is C64H84Cl2F2N8O17S3. The Balaban J connectivity index is 0.000000248. The summed E-state index contributed by atoms with van der Waals surface area (Å²) in [4.78, 5) is 98.9. The van der Waals surface area contributed by atoms with Gasteiger partial charge in [-0.25, -0.2) is 22.7 Å². The number of ether oxygens (including phenoxy) is 2. The second-order valence-corrected chi connectivity index (χ2v) is 29.0. The summed E-state index contributed by atoms with van der Waals surface area (Å²) in [5.74, 6) is -4.10. The number of amides is 1. The molecule has 0 unspecified atom stereocenters. The van der Waals surface area contributed by atoms with Crippen LogP contribution >= 0.6 is 23.2 Å². The first-order valence-corrected chi connectivity index (χ1v) is 36.2. The second kappa shape index (κ2) is 37.9. The number of ketones is 6. The number of likely N-dealkylation sites (N-methyl/N-ethyl adjacent to an activating group) is 2. The van der Waals surface area contributed by atoms with E-state index in [0.29, 0.717) is 34.5 Å². The highest BCUT2D eigenvalue weighted by Gasteiger charge is 2.35. The van der Waals surface area contributed by atoms with Crippen molar-refractivity contribution in [2.24, 2.45) is 42.8 Å². The van der Waals surface area contributed by atoms with Gasteiger partial charge in [0.15, 0.2) is 11.6 Å². The summed E-state index contributed by atoms with van der Waals surface area (Å²) in [6.45, 7) is 5.56. The van der Waals surface area contributed by atoms with E-state index in [4.69, 9.17) is 28.9 Å². The lowest BCUT2D eigenvalue weighted by Crippen LogP contribution is -2.36. The number of hydrogen-bond acceptors (Lipinski definition) is 18. The van der Waals surface area contributed by atoms with Gasteiger partial charge in [-0.2, -0.15) is 25.3 Å². The fraction of sp³-hybridized carbons (Fsp3) is 0.531. The van der Waals surface area contributed by atoms with Crippen LogP contribution in [-0.4, -0.2) is 132 Å². The van der Waals surface area contributed by atoms with Gasteiger partial charge in [-0.1, -0.05) is 87.4 Å². The van der Waals surface area contributed by atoms with E-state index in [0.717, 1.165) is 144 Å². The molecule has 5 fully saturated rings. The number of hydrogen-bond donors (Lipinski definition) is 3. The molecular weight excluding hydrogens is 1360 g/mol. The molecule has 5 saturated carbocycles. The normalized spacial score (nSPS) is 19.4. The van der Waals surface area contributed by atoms with Crippen molar-refractivity contribution >= 4 is 135 Å². The van der Waals surface area contributed by atoms with Crippen molar-refractivity contribution in [2.75, 3.05) is 39.4 Å². The SMILES string of the molecule is CC(=O)C1=CC(C2CCCC2)=NS(=O)(=O)N1C.CC(=O)C1=NS(=O)(=O)NC(C2CCCC2)=C1.CC(=O)C1CCCC1.CN1C(C(=O)Nc2ccc(F)c(Cl)c2)=CC(C2CCCC2)=NS1(=O)=O.COC(=O)C(=O)CC(=O)C1CCCC1.COC(=O)C(C)=O.Nc1ccc(F)c(Cl)c1. The zero-order valence-electron chi connectivity index (χ0n) is 54.9. The summed E-state index contributed by atoms with van der Waals surface area (Å²) in [5.41, 5.74) is 7.81. The molecule has 10 rings (SSSR count). The van der Waals surface area contributed by atoms with E-state index in [2.05, 4.69) is 32.7 Å². The number of allylic oxidation sites excluding steroid dienone is 5. The van der Waals surface area contributed by atoms with Crippen molar-refractivity contribution in [1.82, 2.24) is 13.3 Å². The van der Waals surface area contributed by atoms with Gasteiger partial charge >= 0.3 is 42.6 Å². The Morgan fingerprint density at radius 2 is 1.00 bits per heavy atom. The Kier molecular flexibility index (Phi) is 32.0. The van der Waals surface area contributed by atoms with E-state index in [-0.39, 0.29) is 80.3 Å². The highest BCUT2D eigenvalue weighted by molar-refractivity contribution is 7.89. The van der Waals surface area contributed by atoms with Crippen LogP contribution in [0.5, 0.6) is 0 Å². The monoisotopic (exact) mass is 1440 g/mol. The number of nitrogens with two attached hydrogens (primary N) is 1. The minimum absolute atomic E-state index is 0.0105. The fourth-order valence-electron chi connectivity index (χ4n) is 11.1. The van der Waals surface area contributed by atoms with Crippen LogP contribution in [0.1, 0.15) is 163 Å². The number of methoxy groups -OCH3 is 2. The first kappa shape index (κ1) is 81.0. The number of nitrogens with zero attached hydrogens (tertiary/aromatic N) is 5. The van der Waals surface area contributed by atoms with Gasteiger partial charge in [0, 0.05) is 75.6 Å². The third-order valence-corrected chi connectivity index (χ3v) is 20.7. The Bertz CT molecular complexity index is 3770. The molecule has 0 radical (unpaired) electrons. The molecule has 0 bridgehead atoms.